The highest BCUT2D eigenvalue weighted by atomic mass is 35.5. The van der Waals surface area contributed by atoms with E-state index in [4.69, 9.17) is 23.2 Å². The molecule has 1 N–H and O–H groups in total. The SMILES string of the molecule is CCNC(=O)[C@@H](C)N(Cc1c(Cl)cccc1Cl)C(=O)CN(c1cccc(C)c1C)S(C)(=O)=O. The maximum absolute atomic E-state index is 13.5. The normalized spacial score (nSPS) is 12.2. The van der Waals surface area contributed by atoms with Crippen molar-refractivity contribution in [1.82, 2.24) is 10.2 Å². The number of aryl methyl sites for hydroxylation is 1. The molecule has 2 rings (SSSR count). The van der Waals surface area contributed by atoms with E-state index in [1.54, 1.807) is 51.1 Å². The molecule has 0 saturated heterocycles. The molecule has 0 aliphatic rings. The number of nitrogens with one attached hydrogen (secondary N) is 1. The van der Waals surface area contributed by atoms with Gasteiger partial charge in [-0.2, -0.15) is 0 Å². The van der Waals surface area contributed by atoms with Crippen LogP contribution in [0.25, 0.3) is 0 Å². The molecule has 180 valence electrons. The van der Waals surface area contributed by atoms with Crippen molar-refractivity contribution in [3.63, 3.8) is 0 Å². The molecule has 0 aliphatic heterocycles. The largest absolute Gasteiger partial charge is 0.355 e. The van der Waals surface area contributed by atoms with E-state index < -0.39 is 28.5 Å². The van der Waals surface area contributed by atoms with Crippen molar-refractivity contribution in [2.75, 3.05) is 23.7 Å². The average molecular weight is 514 g/mol. The molecule has 7 nitrogen and oxygen atoms in total. The number of carbonyl (C=O) groups is 2. The molecule has 0 bridgehead atoms. The van der Waals surface area contributed by atoms with Gasteiger partial charge in [-0.15, -0.1) is 0 Å². The van der Waals surface area contributed by atoms with E-state index in [1.165, 1.54) is 4.90 Å². The van der Waals surface area contributed by atoms with E-state index in [0.717, 1.165) is 21.7 Å². The zero-order valence-electron chi connectivity index (χ0n) is 19.4. The van der Waals surface area contributed by atoms with E-state index in [0.29, 0.717) is 27.8 Å². The van der Waals surface area contributed by atoms with Crippen molar-refractivity contribution >= 4 is 50.7 Å². The highest BCUT2D eigenvalue weighted by Crippen LogP contribution is 2.28. The second-order valence-corrected chi connectivity index (χ2v) is 10.5. The summed E-state index contributed by atoms with van der Waals surface area (Å²) >= 11 is 12.6. The lowest BCUT2D eigenvalue weighted by molar-refractivity contribution is -0.139. The van der Waals surface area contributed by atoms with Gasteiger partial charge < -0.3 is 10.2 Å². The summed E-state index contributed by atoms with van der Waals surface area (Å²) < 4.78 is 26.4. The van der Waals surface area contributed by atoms with Crippen LogP contribution in [0.1, 0.15) is 30.5 Å². The van der Waals surface area contributed by atoms with Crippen LogP contribution in [0.3, 0.4) is 0 Å². The second-order valence-electron chi connectivity index (χ2n) is 7.78. The Balaban J connectivity index is 2.49. The minimum absolute atomic E-state index is 0.0555. The van der Waals surface area contributed by atoms with Crippen molar-refractivity contribution in [3.05, 3.63) is 63.1 Å². The van der Waals surface area contributed by atoms with E-state index in [-0.39, 0.29) is 12.5 Å². The predicted molar refractivity (Wildman–Crippen MR) is 133 cm³/mol. The smallest absolute Gasteiger partial charge is 0.244 e. The van der Waals surface area contributed by atoms with E-state index in [2.05, 4.69) is 5.32 Å². The molecule has 0 heterocycles. The fourth-order valence-electron chi connectivity index (χ4n) is 3.36. The molecule has 0 aromatic heterocycles. The molecular formula is C23H29Cl2N3O4S. The molecule has 0 radical (unpaired) electrons. The molecule has 0 aliphatic carbocycles. The summed E-state index contributed by atoms with van der Waals surface area (Å²) in [5, 5.41) is 3.39. The summed E-state index contributed by atoms with van der Waals surface area (Å²) in [6, 6.07) is 9.33. The van der Waals surface area contributed by atoms with Gasteiger partial charge in [-0.1, -0.05) is 41.4 Å². The lowest BCUT2D eigenvalue weighted by atomic mass is 10.1. The number of hydrogen-bond donors (Lipinski definition) is 1. The molecule has 0 saturated carbocycles. The van der Waals surface area contributed by atoms with Gasteiger partial charge in [-0.25, -0.2) is 8.42 Å². The lowest BCUT2D eigenvalue weighted by Crippen LogP contribution is -2.51. The van der Waals surface area contributed by atoms with Crippen LogP contribution in [-0.4, -0.2) is 50.5 Å². The minimum Gasteiger partial charge on any atom is -0.355 e. The quantitative estimate of drug-likeness (QED) is 0.550. The Kier molecular flexibility index (Phi) is 9.17. The molecule has 33 heavy (non-hydrogen) atoms. The van der Waals surface area contributed by atoms with Crippen LogP contribution >= 0.6 is 23.2 Å². The Bertz CT molecular complexity index is 1120. The zero-order valence-corrected chi connectivity index (χ0v) is 21.7. The maximum Gasteiger partial charge on any atom is 0.244 e. The van der Waals surface area contributed by atoms with Crippen LogP contribution in [0.15, 0.2) is 36.4 Å². The van der Waals surface area contributed by atoms with Gasteiger partial charge in [-0.3, -0.25) is 13.9 Å². The monoisotopic (exact) mass is 513 g/mol. The maximum atomic E-state index is 13.5. The van der Waals surface area contributed by atoms with Crippen molar-refractivity contribution in [1.29, 1.82) is 0 Å². The Morgan fingerprint density at radius 1 is 1.06 bits per heavy atom. The van der Waals surface area contributed by atoms with Gasteiger partial charge in [0.15, 0.2) is 0 Å². The Morgan fingerprint density at radius 2 is 1.64 bits per heavy atom. The molecule has 2 aromatic carbocycles. The summed E-state index contributed by atoms with van der Waals surface area (Å²) in [6.45, 7) is 6.87. The van der Waals surface area contributed by atoms with E-state index in [1.807, 2.05) is 13.0 Å². The second kappa shape index (κ2) is 11.2. The first kappa shape index (κ1) is 27.0. The Hall–Kier alpha value is -2.29. The standard InChI is InChI=1S/C23H29Cl2N3O4S/c1-6-26-23(30)17(4)27(13-18-19(24)10-8-11-20(18)25)22(29)14-28(33(5,31)32)21-12-7-9-15(2)16(21)3/h7-12,17H,6,13-14H2,1-5H3,(H,26,30)/t17-/m1/s1. The van der Waals surface area contributed by atoms with Crippen molar-refractivity contribution < 1.29 is 18.0 Å². The summed E-state index contributed by atoms with van der Waals surface area (Å²) in [5.74, 6) is -0.928. The Morgan fingerprint density at radius 3 is 2.18 bits per heavy atom. The molecular weight excluding hydrogens is 485 g/mol. The average Bonchev–Trinajstić information content (AvgIpc) is 2.73. The van der Waals surface area contributed by atoms with Gasteiger partial charge in [-0.05, 0) is 57.0 Å². The Labute approximate surface area is 205 Å². The number of sulfonamides is 1. The minimum atomic E-state index is -3.80. The van der Waals surface area contributed by atoms with Crippen LogP contribution in [-0.2, 0) is 26.2 Å². The molecule has 10 heteroatoms. The van der Waals surface area contributed by atoms with Crippen LogP contribution in [0, 0.1) is 13.8 Å². The lowest BCUT2D eigenvalue weighted by Gasteiger charge is -2.32. The molecule has 0 spiro atoms. The number of likely N-dealkylation sites (N-methyl/N-ethyl adjacent to an activating group) is 1. The number of amides is 2. The molecule has 0 unspecified atom stereocenters. The van der Waals surface area contributed by atoms with Gasteiger partial charge >= 0.3 is 0 Å². The van der Waals surface area contributed by atoms with Crippen LogP contribution in [0.2, 0.25) is 10.0 Å². The van der Waals surface area contributed by atoms with Crippen molar-refractivity contribution in [2.45, 2.75) is 40.3 Å². The summed E-state index contributed by atoms with van der Waals surface area (Å²) in [4.78, 5) is 27.4. The third-order valence-corrected chi connectivity index (χ3v) is 7.27. The number of rotatable bonds is 9. The number of anilines is 1. The first-order valence-corrected chi connectivity index (χ1v) is 13.0. The topological polar surface area (TPSA) is 86.8 Å². The van der Waals surface area contributed by atoms with E-state index in [9.17, 15) is 18.0 Å². The molecule has 1 atom stereocenters. The zero-order chi connectivity index (χ0) is 24.9. The number of nitrogens with zero attached hydrogens (tertiary/aromatic N) is 2. The summed E-state index contributed by atoms with van der Waals surface area (Å²) in [5.41, 5.74) is 2.52. The third kappa shape index (κ3) is 6.62. The number of benzene rings is 2. The van der Waals surface area contributed by atoms with Gasteiger partial charge in [0.05, 0.1) is 11.9 Å². The van der Waals surface area contributed by atoms with Crippen LogP contribution in [0.5, 0.6) is 0 Å². The molecule has 2 amide bonds. The van der Waals surface area contributed by atoms with Gasteiger partial charge in [0.1, 0.15) is 12.6 Å². The summed E-state index contributed by atoms with van der Waals surface area (Å²) in [6.07, 6.45) is 1.05. The van der Waals surface area contributed by atoms with Gasteiger partial charge in [0.2, 0.25) is 21.8 Å². The highest BCUT2D eigenvalue weighted by molar-refractivity contribution is 7.92. The van der Waals surface area contributed by atoms with Crippen molar-refractivity contribution in [3.8, 4) is 0 Å². The summed E-state index contributed by atoms with van der Waals surface area (Å²) in [7, 11) is -3.80. The fraction of sp³-hybridized carbons (Fsp3) is 0.391. The van der Waals surface area contributed by atoms with Crippen LogP contribution in [0.4, 0.5) is 5.69 Å². The van der Waals surface area contributed by atoms with Crippen LogP contribution < -0.4 is 9.62 Å². The first-order valence-electron chi connectivity index (χ1n) is 10.4. The van der Waals surface area contributed by atoms with Crippen molar-refractivity contribution in [2.24, 2.45) is 0 Å². The number of hydrogen-bond acceptors (Lipinski definition) is 4. The first-order chi connectivity index (χ1) is 15.4. The number of carbonyl (C=O) groups excluding carboxylic acids is 2. The molecule has 0 fully saturated rings. The molecule has 2 aromatic rings. The van der Waals surface area contributed by atoms with Gasteiger partial charge in [0.25, 0.3) is 0 Å². The van der Waals surface area contributed by atoms with E-state index >= 15 is 0 Å². The fourth-order valence-corrected chi connectivity index (χ4v) is 4.78. The highest BCUT2D eigenvalue weighted by Gasteiger charge is 2.31. The van der Waals surface area contributed by atoms with Gasteiger partial charge in [0, 0.05) is 28.7 Å². The number of halogens is 2. The third-order valence-electron chi connectivity index (χ3n) is 5.43. The predicted octanol–water partition coefficient (Wildman–Crippen LogP) is 3.93.